The molecule has 1 aliphatic rings. The van der Waals surface area contributed by atoms with Gasteiger partial charge in [0.05, 0.1) is 29.7 Å². The Morgan fingerprint density at radius 2 is 2.20 bits per heavy atom. The number of hydrogen-bond donors (Lipinski definition) is 1. The average molecular weight is 354 g/mol. The number of hydrogen-bond acceptors (Lipinski definition) is 4. The van der Waals surface area contributed by atoms with E-state index in [-0.39, 0.29) is 35.5 Å². The van der Waals surface area contributed by atoms with E-state index in [0.717, 1.165) is 4.68 Å². The summed E-state index contributed by atoms with van der Waals surface area (Å²) in [5.41, 5.74) is -0.337. The molecule has 0 aliphatic heterocycles. The van der Waals surface area contributed by atoms with Crippen LogP contribution in [-0.4, -0.2) is 27.5 Å². The predicted octanol–water partition coefficient (Wildman–Crippen LogP) is 3.44. The molecule has 0 amide bonds. The number of aromatic nitrogens is 2. The first-order valence-corrected chi connectivity index (χ1v) is 7.97. The monoisotopic (exact) mass is 354 g/mol. The van der Waals surface area contributed by atoms with Crippen molar-refractivity contribution in [3.63, 3.8) is 0 Å². The second kappa shape index (κ2) is 6.51. The Morgan fingerprint density at radius 1 is 1.44 bits per heavy atom. The molecule has 0 saturated heterocycles. The van der Waals surface area contributed by atoms with Crippen molar-refractivity contribution in [2.24, 2.45) is 0 Å². The van der Waals surface area contributed by atoms with Crippen LogP contribution in [0.1, 0.15) is 53.2 Å². The lowest BCUT2D eigenvalue weighted by Crippen LogP contribution is -2.15. The Bertz CT molecular complexity index is 799. The highest BCUT2D eigenvalue weighted by Crippen LogP contribution is 2.40. The van der Waals surface area contributed by atoms with Gasteiger partial charge in [-0.05, 0) is 44.4 Å². The maximum absolute atomic E-state index is 13.3. The number of nitrogens with zero attached hydrogens (tertiary/aromatic N) is 2. The van der Waals surface area contributed by atoms with E-state index in [1.54, 1.807) is 6.92 Å². The SMILES string of the molecule is CCOC(=O)c1cccc(-n2nc(C(F)(F)F)c3c2C(O)CCC3)c1. The predicted molar refractivity (Wildman–Crippen MR) is 82.4 cm³/mol. The standard InChI is InChI=1S/C17H17F3N2O3/c1-2-25-16(24)10-5-3-6-11(9-10)22-14-12(7-4-8-13(14)23)15(21-22)17(18,19)20/h3,5-6,9,13,23H,2,4,7-8H2,1H3. The number of esters is 1. The molecule has 3 rings (SSSR count). The van der Waals surface area contributed by atoms with Gasteiger partial charge in [-0.15, -0.1) is 0 Å². The van der Waals surface area contributed by atoms with Gasteiger partial charge in [-0.3, -0.25) is 0 Å². The minimum Gasteiger partial charge on any atom is -0.462 e. The minimum atomic E-state index is -4.61. The molecule has 0 fully saturated rings. The van der Waals surface area contributed by atoms with E-state index in [1.807, 2.05) is 0 Å². The zero-order valence-electron chi connectivity index (χ0n) is 13.5. The smallest absolute Gasteiger partial charge is 0.435 e. The van der Waals surface area contributed by atoms with Crippen LogP contribution in [0.5, 0.6) is 0 Å². The van der Waals surface area contributed by atoms with Crippen LogP contribution in [0, 0.1) is 0 Å². The van der Waals surface area contributed by atoms with Gasteiger partial charge in [0.1, 0.15) is 0 Å². The Hall–Kier alpha value is -2.35. The Morgan fingerprint density at radius 3 is 2.88 bits per heavy atom. The molecule has 134 valence electrons. The maximum Gasteiger partial charge on any atom is 0.435 e. The molecule has 1 atom stereocenters. The number of halogens is 3. The molecule has 0 radical (unpaired) electrons. The summed E-state index contributed by atoms with van der Waals surface area (Å²) in [5.74, 6) is -0.568. The molecule has 1 unspecified atom stereocenters. The van der Waals surface area contributed by atoms with Gasteiger partial charge in [0.15, 0.2) is 5.69 Å². The van der Waals surface area contributed by atoms with E-state index in [9.17, 15) is 23.1 Å². The Kier molecular flexibility index (Phi) is 4.55. The molecule has 1 N–H and O–H groups in total. The molecule has 0 saturated carbocycles. The molecule has 25 heavy (non-hydrogen) atoms. The van der Waals surface area contributed by atoms with Crippen molar-refractivity contribution in [2.75, 3.05) is 6.61 Å². The number of aliphatic hydroxyl groups excluding tert-OH is 1. The third kappa shape index (κ3) is 3.26. The summed E-state index contributed by atoms with van der Waals surface area (Å²) in [6, 6.07) is 6.00. The third-order valence-electron chi connectivity index (χ3n) is 4.11. The van der Waals surface area contributed by atoms with Gasteiger partial charge < -0.3 is 9.84 Å². The fraction of sp³-hybridized carbons (Fsp3) is 0.412. The fourth-order valence-electron chi connectivity index (χ4n) is 3.06. The van der Waals surface area contributed by atoms with Crippen LogP contribution in [-0.2, 0) is 17.3 Å². The summed E-state index contributed by atoms with van der Waals surface area (Å²) in [7, 11) is 0. The molecule has 2 aromatic rings. The fourth-order valence-corrected chi connectivity index (χ4v) is 3.06. The maximum atomic E-state index is 13.3. The van der Waals surface area contributed by atoms with E-state index in [4.69, 9.17) is 4.74 Å². The van der Waals surface area contributed by atoms with E-state index in [2.05, 4.69) is 5.10 Å². The highest BCUT2D eigenvalue weighted by Gasteiger charge is 2.41. The highest BCUT2D eigenvalue weighted by molar-refractivity contribution is 5.90. The van der Waals surface area contributed by atoms with Crippen LogP contribution >= 0.6 is 0 Å². The molecule has 0 bridgehead atoms. The van der Waals surface area contributed by atoms with Crippen LogP contribution in [0.2, 0.25) is 0 Å². The van der Waals surface area contributed by atoms with Gasteiger partial charge in [0.2, 0.25) is 0 Å². The molecule has 0 spiro atoms. The number of rotatable bonds is 3. The molecular weight excluding hydrogens is 337 g/mol. The second-order valence-corrected chi connectivity index (χ2v) is 5.80. The van der Waals surface area contributed by atoms with Gasteiger partial charge in [-0.25, -0.2) is 9.48 Å². The topological polar surface area (TPSA) is 64.4 Å². The summed E-state index contributed by atoms with van der Waals surface area (Å²) >= 11 is 0. The van der Waals surface area contributed by atoms with Gasteiger partial charge in [0, 0.05) is 5.56 Å². The summed E-state index contributed by atoms with van der Waals surface area (Å²) in [5, 5.41) is 13.9. The summed E-state index contributed by atoms with van der Waals surface area (Å²) in [6.07, 6.45) is -4.60. The van der Waals surface area contributed by atoms with E-state index < -0.39 is 23.9 Å². The van der Waals surface area contributed by atoms with E-state index in [0.29, 0.717) is 12.8 Å². The number of alkyl halides is 3. The lowest BCUT2D eigenvalue weighted by atomic mass is 9.93. The number of carbonyl (C=O) groups excluding carboxylic acids is 1. The van der Waals surface area contributed by atoms with Crippen LogP contribution in [0.3, 0.4) is 0 Å². The number of fused-ring (bicyclic) bond motifs is 1. The van der Waals surface area contributed by atoms with Crippen molar-refractivity contribution in [3.05, 3.63) is 46.8 Å². The summed E-state index contributed by atoms with van der Waals surface area (Å²) in [6.45, 7) is 1.86. The normalized spacial score (nSPS) is 17.2. The Balaban J connectivity index is 2.13. The average Bonchev–Trinajstić information content (AvgIpc) is 2.96. The zero-order chi connectivity index (χ0) is 18.2. The number of ether oxygens (including phenoxy) is 1. The number of carbonyl (C=O) groups is 1. The first-order chi connectivity index (χ1) is 11.8. The van der Waals surface area contributed by atoms with Gasteiger partial charge in [-0.1, -0.05) is 6.07 Å². The van der Waals surface area contributed by atoms with Crippen LogP contribution in [0.25, 0.3) is 5.69 Å². The van der Waals surface area contributed by atoms with Crippen molar-refractivity contribution in [1.29, 1.82) is 0 Å². The van der Waals surface area contributed by atoms with Crippen LogP contribution in [0.4, 0.5) is 13.2 Å². The van der Waals surface area contributed by atoms with Gasteiger partial charge in [0.25, 0.3) is 0 Å². The minimum absolute atomic E-state index is 0.0211. The van der Waals surface area contributed by atoms with Crippen molar-refractivity contribution in [2.45, 2.75) is 38.5 Å². The van der Waals surface area contributed by atoms with Gasteiger partial charge in [-0.2, -0.15) is 18.3 Å². The number of benzene rings is 1. The molecule has 8 heteroatoms. The molecule has 1 aliphatic carbocycles. The first kappa shape index (κ1) is 17.5. The van der Waals surface area contributed by atoms with E-state index >= 15 is 0 Å². The van der Waals surface area contributed by atoms with Crippen molar-refractivity contribution < 1.29 is 27.8 Å². The highest BCUT2D eigenvalue weighted by atomic mass is 19.4. The molecule has 1 aromatic heterocycles. The van der Waals surface area contributed by atoms with Crippen molar-refractivity contribution >= 4 is 5.97 Å². The zero-order valence-corrected chi connectivity index (χ0v) is 13.5. The molecular formula is C17H17F3N2O3. The summed E-state index contributed by atoms with van der Waals surface area (Å²) in [4.78, 5) is 11.9. The second-order valence-electron chi connectivity index (χ2n) is 5.80. The molecule has 1 heterocycles. The third-order valence-corrected chi connectivity index (χ3v) is 4.11. The van der Waals surface area contributed by atoms with Gasteiger partial charge >= 0.3 is 12.1 Å². The first-order valence-electron chi connectivity index (χ1n) is 7.97. The molecule has 1 aromatic carbocycles. The lowest BCUT2D eigenvalue weighted by Gasteiger charge is -2.20. The van der Waals surface area contributed by atoms with Crippen LogP contribution < -0.4 is 0 Å². The summed E-state index contributed by atoms with van der Waals surface area (Å²) < 4.78 is 45.9. The van der Waals surface area contributed by atoms with Crippen molar-refractivity contribution in [1.82, 2.24) is 9.78 Å². The largest absolute Gasteiger partial charge is 0.462 e. The van der Waals surface area contributed by atoms with Crippen molar-refractivity contribution in [3.8, 4) is 5.69 Å². The molecule has 5 nitrogen and oxygen atoms in total. The number of aliphatic hydroxyl groups is 1. The quantitative estimate of drug-likeness (QED) is 0.858. The van der Waals surface area contributed by atoms with E-state index in [1.165, 1.54) is 24.3 Å². The Labute approximate surface area is 142 Å². The van der Waals surface area contributed by atoms with Crippen LogP contribution in [0.15, 0.2) is 24.3 Å². The lowest BCUT2D eigenvalue weighted by molar-refractivity contribution is -0.142.